The molecule has 1 aromatic carbocycles. The third-order valence-corrected chi connectivity index (χ3v) is 4.17. The van der Waals surface area contributed by atoms with Gasteiger partial charge in [0.25, 0.3) is 0 Å². The molecule has 1 heterocycles. The van der Waals surface area contributed by atoms with E-state index in [-0.39, 0.29) is 5.91 Å². The smallest absolute Gasteiger partial charge is 0.244 e. The molecule has 0 aromatic heterocycles. The zero-order valence-corrected chi connectivity index (χ0v) is 12.4. The molecule has 1 saturated heterocycles. The summed E-state index contributed by atoms with van der Waals surface area (Å²) in [5, 5.41) is 2.99. The van der Waals surface area contributed by atoms with Gasteiger partial charge in [-0.2, -0.15) is 0 Å². The fourth-order valence-corrected chi connectivity index (χ4v) is 2.65. The van der Waals surface area contributed by atoms with Crippen molar-refractivity contribution in [2.24, 2.45) is 5.73 Å². The van der Waals surface area contributed by atoms with Crippen LogP contribution in [0.15, 0.2) is 30.3 Å². The van der Waals surface area contributed by atoms with E-state index in [4.69, 9.17) is 5.73 Å². The molecule has 1 aliphatic rings. The lowest BCUT2D eigenvalue weighted by atomic mass is 9.92. The first-order valence-corrected chi connectivity index (χ1v) is 7.38. The summed E-state index contributed by atoms with van der Waals surface area (Å²) in [6.45, 7) is 6.84. The average Bonchev–Trinajstić information content (AvgIpc) is 2.99. The highest BCUT2D eigenvalue weighted by molar-refractivity contribution is 5.86. The molecule has 2 unspecified atom stereocenters. The summed E-state index contributed by atoms with van der Waals surface area (Å²) < 4.78 is 0. The molecule has 1 fully saturated rings. The van der Waals surface area contributed by atoms with Crippen molar-refractivity contribution in [1.29, 1.82) is 0 Å². The van der Waals surface area contributed by atoms with E-state index in [1.165, 1.54) is 12.8 Å². The van der Waals surface area contributed by atoms with Gasteiger partial charge in [0.15, 0.2) is 0 Å². The maximum Gasteiger partial charge on any atom is 0.244 e. The molecule has 0 aliphatic carbocycles. The van der Waals surface area contributed by atoms with Gasteiger partial charge in [-0.05, 0) is 45.3 Å². The number of hydrogen-bond acceptors (Lipinski definition) is 3. The van der Waals surface area contributed by atoms with Crippen LogP contribution in [-0.2, 0) is 10.3 Å². The Labute approximate surface area is 121 Å². The molecule has 0 spiro atoms. The summed E-state index contributed by atoms with van der Waals surface area (Å²) >= 11 is 0. The second kappa shape index (κ2) is 6.37. The van der Waals surface area contributed by atoms with E-state index >= 15 is 0 Å². The third-order valence-electron chi connectivity index (χ3n) is 4.17. The SMILES string of the molecule is CC(CNC(=O)C(C)(N)c1ccccc1)N1CCCC1. The van der Waals surface area contributed by atoms with Crippen molar-refractivity contribution in [2.45, 2.75) is 38.3 Å². The summed E-state index contributed by atoms with van der Waals surface area (Å²) in [4.78, 5) is 14.7. The van der Waals surface area contributed by atoms with E-state index < -0.39 is 5.54 Å². The number of rotatable bonds is 5. The molecule has 20 heavy (non-hydrogen) atoms. The molecule has 0 radical (unpaired) electrons. The topological polar surface area (TPSA) is 58.4 Å². The first kappa shape index (κ1) is 15.0. The van der Waals surface area contributed by atoms with Gasteiger partial charge in [-0.3, -0.25) is 9.69 Å². The van der Waals surface area contributed by atoms with Crippen LogP contribution in [0.2, 0.25) is 0 Å². The molecule has 4 nitrogen and oxygen atoms in total. The Morgan fingerprint density at radius 3 is 2.55 bits per heavy atom. The fraction of sp³-hybridized carbons (Fsp3) is 0.562. The first-order valence-electron chi connectivity index (χ1n) is 7.38. The quantitative estimate of drug-likeness (QED) is 0.855. The number of benzene rings is 1. The number of hydrogen-bond donors (Lipinski definition) is 2. The number of amides is 1. The first-order chi connectivity index (χ1) is 9.51. The summed E-state index contributed by atoms with van der Waals surface area (Å²) in [5.74, 6) is -0.116. The van der Waals surface area contributed by atoms with E-state index in [0.717, 1.165) is 18.7 Å². The number of nitrogens with zero attached hydrogens (tertiary/aromatic N) is 1. The summed E-state index contributed by atoms with van der Waals surface area (Å²) in [7, 11) is 0. The Kier molecular flexibility index (Phi) is 4.78. The fourth-order valence-electron chi connectivity index (χ4n) is 2.65. The molecule has 1 amide bonds. The monoisotopic (exact) mass is 275 g/mol. The van der Waals surface area contributed by atoms with Gasteiger partial charge in [0.2, 0.25) is 5.91 Å². The second-order valence-electron chi connectivity index (χ2n) is 5.87. The van der Waals surface area contributed by atoms with Crippen LogP contribution in [0, 0.1) is 0 Å². The van der Waals surface area contributed by atoms with Crippen molar-refractivity contribution >= 4 is 5.91 Å². The molecule has 0 bridgehead atoms. The zero-order chi connectivity index (χ0) is 14.6. The molecule has 2 atom stereocenters. The number of carbonyl (C=O) groups is 1. The van der Waals surface area contributed by atoms with Gasteiger partial charge in [0.1, 0.15) is 5.54 Å². The minimum atomic E-state index is -0.980. The molecule has 2 rings (SSSR count). The number of nitrogens with one attached hydrogen (secondary N) is 1. The van der Waals surface area contributed by atoms with E-state index in [1.807, 2.05) is 30.3 Å². The van der Waals surface area contributed by atoms with Crippen LogP contribution < -0.4 is 11.1 Å². The third kappa shape index (κ3) is 3.38. The van der Waals surface area contributed by atoms with Crippen LogP contribution >= 0.6 is 0 Å². The van der Waals surface area contributed by atoms with Gasteiger partial charge in [-0.1, -0.05) is 30.3 Å². The van der Waals surface area contributed by atoms with Gasteiger partial charge in [-0.15, -0.1) is 0 Å². The van der Waals surface area contributed by atoms with Crippen LogP contribution in [0.4, 0.5) is 0 Å². The van der Waals surface area contributed by atoms with E-state index in [1.54, 1.807) is 6.92 Å². The van der Waals surface area contributed by atoms with Gasteiger partial charge in [-0.25, -0.2) is 0 Å². The maximum absolute atomic E-state index is 12.3. The van der Waals surface area contributed by atoms with Crippen molar-refractivity contribution in [3.05, 3.63) is 35.9 Å². The van der Waals surface area contributed by atoms with Crippen LogP contribution in [-0.4, -0.2) is 36.5 Å². The van der Waals surface area contributed by atoms with Crippen molar-refractivity contribution < 1.29 is 4.79 Å². The molecule has 4 heteroatoms. The minimum Gasteiger partial charge on any atom is -0.353 e. The number of nitrogens with two attached hydrogens (primary N) is 1. The second-order valence-corrected chi connectivity index (χ2v) is 5.87. The van der Waals surface area contributed by atoms with E-state index in [0.29, 0.717) is 12.6 Å². The molecular weight excluding hydrogens is 250 g/mol. The van der Waals surface area contributed by atoms with Gasteiger partial charge in [0, 0.05) is 12.6 Å². The summed E-state index contributed by atoms with van der Waals surface area (Å²) in [6.07, 6.45) is 2.52. The normalized spacial score (nSPS) is 20.4. The largest absolute Gasteiger partial charge is 0.353 e. The highest BCUT2D eigenvalue weighted by Crippen LogP contribution is 2.17. The maximum atomic E-state index is 12.3. The van der Waals surface area contributed by atoms with Gasteiger partial charge < -0.3 is 11.1 Å². The molecule has 3 N–H and O–H groups in total. The Bertz CT molecular complexity index is 438. The number of carbonyl (C=O) groups excluding carboxylic acids is 1. The highest BCUT2D eigenvalue weighted by atomic mass is 16.2. The van der Waals surface area contributed by atoms with Crippen molar-refractivity contribution in [3.63, 3.8) is 0 Å². The predicted molar refractivity (Wildman–Crippen MR) is 81.3 cm³/mol. The highest BCUT2D eigenvalue weighted by Gasteiger charge is 2.30. The Morgan fingerprint density at radius 1 is 1.35 bits per heavy atom. The summed E-state index contributed by atoms with van der Waals surface area (Å²) in [6, 6.07) is 9.88. The van der Waals surface area contributed by atoms with Crippen molar-refractivity contribution in [2.75, 3.05) is 19.6 Å². The van der Waals surface area contributed by atoms with E-state index in [2.05, 4.69) is 17.1 Å². The van der Waals surface area contributed by atoms with Crippen LogP contribution in [0.5, 0.6) is 0 Å². The lowest BCUT2D eigenvalue weighted by Gasteiger charge is -2.28. The van der Waals surface area contributed by atoms with Crippen molar-refractivity contribution in [3.8, 4) is 0 Å². The Morgan fingerprint density at radius 2 is 1.95 bits per heavy atom. The Balaban J connectivity index is 1.90. The van der Waals surface area contributed by atoms with Crippen LogP contribution in [0.1, 0.15) is 32.3 Å². The van der Waals surface area contributed by atoms with E-state index in [9.17, 15) is 4.79 Å². The molecule has 1 aliphatic heterocycles. The lowest BCUT2D eigenvalue weighted by molar-refractivity contribution is -0.126. The molecular formula is C16H25N3O. The van der Waals surface area contributed by atoms with Gasteiger partial charge >= 0.3 is 0 Å². The molecule has 0 saturated carbocycles. The average molecular weight is 275 g/mol. The molecule has 1 aromatic rings. The van der Waals surface area contributed by atoms with Crippen LogP contribution in [0.3, 0.4) is 0 Å². The van der Waals surface area contributed by atoms with Crippen LogP contribution in [0.25, 0.3) is 0 Å². The Hall–Kier alpha value is -1.39. The predicted octanol–water partition coefficient (Wildman–Crippen LogP) is 1.46. The number of likely N-dealkylation sites (tertiary alicyclic amines) is 1. The van der Waals surface area contributed by atoms with Crippen molar-refractivity contribution in [1.82, 2.24) is 10.2 Å². The lowest BCUT2D eigenvalue weighted by Crippen LogP contribution is -2.51. The molecule has 110 valence electrons. The standard InChI is InChI=1S/C16H25N3O/c1-13(19-10-6-7-11-19)12-18-15(20)16(2,17)14-8-4-3-5-9-14/h3-5,8-9,13H,6-7,10-12,17H2,1-2H3,(H,18,20). The summed E-state index contributed by atoms with van der Waals surface area (Å²) in [5.41, 5.74) is 6.05. The van der Waals surface area contributed by atoms with Gasteiger partial charge in [0.05, 0.1) is 0 Å². The minimum absolute atomic E-state index is 0.116. The zero-order valence-electron chi connectivity index (χ0n) is 12.4.